The number of carbonyl (C=O) groups excluding carboxylic acids is 1. The molecule has 0 amide bonds. The van der Waals surface area contributed by atoms with Gasteiger partial charge in [-0.3, -0.25) is 14.3 Å². The topological polar surface area (TPSA) is 92.0 Å². The van der Waals surface area contributed by atoms with E-state index in [-0.39, 0.29) is 31.0 Å². The van der Waals surface area contributed by atoms with Gasteiger partial charge < -0.3 is 15.1 Å². The number of nitrogens with one attached hydrogen (secondary N) is 1. The van der Waals surface area contributed by atoms with Gasteiger partial charge in [0.05, 0.1) is 17.8 Å². The van der Waals surface area contributed by atoms with Crippen LogP contribution in [0.3, 0.4) is 0 Å². The second kappa shape index (κ2) is 10.3. The van der Waals surface area contributed by atoms with E-state index in [1.54, 1.807) is 4.90 Å². The Kier molecular flexibility index (Phi) is 7.41. The molecular weight excluding hydrogens is 538 g/mol. The number of halogens is 6. The van der Waals surface area contributed by atoms with Crippen molar-refractivity contribution in [3.8, 4) is 17.5 Å². The fraction of sp³-hybridized carbons (Fsp3) is 0.435. The van der Waals surface area contributed by atoms with Crippen LogP contribution in [0.25, 0.3) is 5.69 Å². The van der Waals surface area contributed by atoms with Gasteiger partial charge in [0.1, 0.15) is 0 Å². The van der Waals surface area contributed by atoms with Crippen LogP contribution >= 0.6 is 0 Å². The van der Waals surface area contributed by atoms with Crippen molar-refractivity contribution in [3.63, 3.8) is 0 Å². The highest BCUT2D eigenvalue weighted by Crippen LogP contribution is 2.40. The van der Waals surface area contributed by atoms with Gasteiger partial charge in [0.25, 0.3) is 5.56 Å². The van der Waals surface area contributed by atoms with Crippen molar-refractivity contribution in [2.45, 2.75) is 25.6 Å². The number of alkyl halides is 6. The molecule has 2 aliphatic rings. The minimum atomic E-state index is -5.44. The predicted molar refractivity (Wildman–Crippen MR) is 126 cm³/mol. The molecular formula is C23H22F6N6O4. The summed E-state index contributed by atoms with van der Waals surface area (Å²) in [5.74, 6) is 2.19. The molecule has 10 nitrogen and oxygen atoms in total. The van der Waals surface area contributed by atoms with E-state index in [9.17, 15) is 40.7 Å². The van der Waals surface area contributed by atoms with Crippen LogP contribution < -0.4 is 26.5 Å². The zero-order valence-electron chi connectivity index (χ0n) is 20.6. The van der Waals surface area contributed by atoms with Gasteiger partial charge in [0.2, 0.25) is 0 Å². The van der Waals surface area contributed by atoms with E-state index in [0.29, 0.717) is 34.9 Å². The molecule has 1 fully saturated rings. The molecule has 16 heteroatoms. The van der Waals surface area contributed by atoms with Gasteiger partial charge in [0.15, 0.2) is 17.8 Å². The third kappa shape index (κ3) is 5.19. The lowest BCUT2D eigenvalue weighted by molar-refractivity contribution is -0.203. The van der Waals surface area contributed by atoms with Crippen LogP contribution in [0.5, 0.6) is 0 Å². The van der Waals surface area contributed by atoms with E-state index in [2.05, 4.69) is 17.2 Å². The average molecular weight is 560 g/mol. The molecule has 0 bridgehead atoms. The largest absolute Gasteiger partial charge is 0.493 e. The van der Waals surface area contributed by atoms with E-state index in [1.165, 1.54) is 11.8 Å². The molecule has 3 heterocycles. The first-order valence-corrected chi connectivity index (χ1v) is 11.5. The SMILES string of the molecule is CC#CCN1c2c(n(-c3ccc(C(F)(F)F)cc3)c(=O)n(C)c2=O)N(OC(=O)C(F)(F)F)C1N1CCNCC1. The molecule has 0 radical (unpaired) electrons. The maximum absolute atomic E-state index is 13.4. The van der Waals surface area contributed by atoms with Gasteiger partial charge in [-0.25, -0.2) is 14.2 Å². The van der Waals surface area contributed by atoms with Crippen LogP contribution in [0.4, 0.5) is 37.8 Å². The summed E-state index contributed by atoms with van der Waals surface area (Å²) in [4.78, 5) is 46.5. The molecule has 1 N–H and O–H groups in total. The quantitative estimate of drug-likeness (QED) is 0.444. The van der Waals surface area contributed by atoms with Gasteiger partial charge in [0, 0.05) is 33.2 Å². The summed E-state index contributed by atoms with van der Waals surface area (Å²) in [5, 5.41) is 3.58. The lowest BCUT2D eigenvalue weighted by atomic mass is 10.2. The second-order valence-electron chi connectivity index (χ2n) is 8.59. The van der Waals surface area contributed by atoms with E-state index in [0.717, 1.165) is 23.7 Å². The lowest BCUT2D eigenvalue weighted by Crippen LogP contribution is -2.61. The summed E-state index contributed by atoms with van der Waals surface area (Å²) in [6.07, 6.45) is -11.5. The van der Waals surface area contributed by atoms with Crippen molar-refractivity contribution in [2.75, 3.05) is 42.7 Å². The van der Waals surface area contributed by atoms with E-state index in [1.807, 2.05) is 0 Å². The lowest BCUT2D eigenvalue weighted by Gasteiger charge is -2.40. The van der Waals surface area contributed by atoms with Crippen LogP contribution in [0, 0.1) is 11.8 Å². The number of hydrogen-bond donors (Lipinski definition) is 1. The number of piperazine rings is 1. The highest BCUT2D eigenvalue weighted by atomic mass is 19.4. The highest BCUT2D eigenvalue weighted by molar-refractivity contribution is 5.80. The van der Waals surface area contributed by atoms with Crippen molar-refractivity contribution >= 4 is 17.5 Å². The molecule has 210 valence electrons. The highest BCUT2D eigenvalue weighted by Gasteiger charge is 2.51. The van der Waals surface area contributed by atoms with Gasteiger partial charge in [-0.05, 0) is 31.2 Å². The Morgan fingerprint density at radius 2 is 1.69 bits per heavy atom. The molecule has 2 aromatic rings. The van der Waals surface area contributed by atoms with Crippen molar-refractivity contribution < 1.29 is 36.0 Å². The molecule has 0 spiro atoms. The Bertz CT molecular complexity index is 1430. The fourth-order valence-corrected chi connectivity index (χ4v) is 4.34. The first-order chi connectivity index (χ1) is 18.3. The third-order valence-corrected chi connectivity index (χ3v) is 6.16. The zero-order chi connectivity index (χ0) is 28.7. The number of carbonyl (C=O) groups is 1. The number of rotatable bonds is 4. The van der Waals surface area contributed by atoms with E-state index >= 15 is 0 Å². The minimum absolute atomic E-state index is 0.210. The number of hydrogen-bond acceptors (Lipinski definition) is 8. The molecule has 1 aromatic carbocycles. The zero-order valence-corrected chi connectivity index (χ0v) is 20.6. The van der Waals surface area contributed by atoms with Crippen LogP contribution in [0.1, 0.15) is 12.5 Å². The van der Waals surface area contributed by atoms with Gasteiger partial charge in [-0.1, -0.05) is 5.92 Å². The summed E-state index contributed by atoms with van der Waals surface area (Å²) in [5.41, 5.74) is -3.59. The first-order valence-electron chi connectivity index (χ1n) is 11.5. The number of hydroxylamine groups is 1. The molecule has 1 atom stereocenters. The molecule has 0 saturated carbocycles. The Balaban J connectivity index is 2.02. The van der Waals surface area contributed by atoms with Crippen molar-refractivity contribution in [3.05, 3.63) is 50.7 Å². The van der Waals surface area contributed by atoms with Crippen LogP contribution in [-0.2, 0) is 22.9 Å². The Labute approximate surface area is 216 Å². The Hall–Kier alpha value is -3.97. The standard InChI is InChI=1S/C23H22F6N6O4/c1-3-4-11-33-16-17(35(39-19(37)23(27,28)29)20(33)32-12-9-30-10-13-32)34(21(38)31(2)18(16)36)15-7-5-14(6-8-15)22(24,25)26/h5-8,20,30H,9-13H2,1-2H3. The summed E-state index contributed by atoms with van der Waals surface area (Å²) in [6, 6.07) is 3.20. The normalized spacial score (nSPS) is 18.0. The fourth-order valence-electron chi connectivity index (χ4n) is 4.34. The predicted octanol–water partition coefficient (Wildman–Crippen LogP) is 1.41. The van der Waals surface area contributed by atoms with E-state index < -0.39 is 47.2 Å². The van der Waals surface area contributed by atoms with Crippen molar-refractivity contribution in [1.82, 2.24) is 19.4 Å². The van der Waals surface area contributed by atoms with Gasteiger partial charge in [-0.15, -0.1) is 11.0 Å². The maximum atomic E-state index is 13.4. The van der Waals surface area contributed by atoms with Crippen LogP contribution in [-0.4, -0.2) is 65.2 Å². The van der Waals surface area contributed by atoms with Crippen molar-refractivity contribution in [1.29, 1.82) is 0 Å². The van der Waals surface area contributed by atoms with E-state index in [4.69, 9.17) is 4.84 Å². The number of nitrogens with zero attached hydrogens (tertiary/aromatic N) is 5. The molecule has 39 heavy (non-hydrogen) atoms. The maximum Gasteiger partial charge on any atom is 0.493 e. The van der Waals surface area contributed by atoms with Gasteiger partial charge >= 0.3 is 24.0 Å². The average Bonchev–Trinajstić information content (AvgIpc) is 3.19. The number of fused-ring (bicyclic) bond motifs is 1. The first kappa shape index (κ1) is 28.0. The van der Waals surface area contributed by atoms with Gasteiger partial charge in [-0.2, -0.15) is 26.3 Å². The summed E-state index contributed by atoms with van der Waals surface area (Å²) < 4.78 is 80.9. The molecule has 1 unspecified atom stereocenters. The molecule has 0 aliphatic carbocycles. The van der Waals surface area contributed by atoms with Crippen LogP contribution in [0.2, 0.25) is 0 Å². The number of anilines is 2. The Morgan fingerprint density at radius 3 is 2.23 bits per heavy atom. The van der Waals surface area contributed by atoms with Crippen molar-refractivity contribution in [2.24, 2.45) is 7.05 Å². The molecule has 1 aromatic heterocycles. The Morgan fingerprint density at radius 1 is 1.08 bits per heavy atom. The molecule has 1 saturated heterocycles. The molecule has 2 aliphatic heterocycles. The molecule has 4 rings (SSSR count). The summed E-state index contributed by atoms with van der Waals surface area (Å²) in [7, 11) is 1.11. The third-order valence-electron chi connectivity index (χ3n) is 6.16. The van der Waals surface area contributed by atoms with Crippen LogP contribution in [0.15, 0.2) is 33.9 Å². The summed E-state index contributed by atoms with van der Waals surface area (Å²) >= 11 is 0. The number of benzene rings is 1. The smallest absolute Gasteiger partial charge is 0.327 e. The second-order valence-corrected chi connectivity index (χ2v) is 8.59. The minimum Gasteiger partial charge on any atom is -0.327 e. The monoisotopic (exact) mass is 560 g/mol. The summed E-state index contributed by atoms with van der Waals surface area (Å²) in [6.45, 7) is 2.60. The number of aromatic nitrogens is 2.